The van der Waals surface area contributed by atoms with Gasteiger partial charge in [-0.15, -0.1) is 0 Å². The van der Waals surface area contributed by atoms with E-state index in [1.54, 1.807) is 37.6 Å². The summed E-state index contributed by atoms with van der Waals surface area (Å²) in [5, 5.41) is 20.2. The van der Waals surface area contributed by atoms with Crippen LogP contribution in [0.2, 0.25) is 0 Å². The number of piperidine rings is 1. The van der Waals surface area contributed by atoms with E-state index in [-0.39, 0.29) is 36.3 Å². The fourth-order valence-corrected chi connectivity index (χ4v) is 7.39. The van der Waals surface area contributed by atoms with Crippen LogP contribution in [0.4, 0.5) is 0 Å². The predicted molar refractivity (Wildman–Crippen MR) is 143 cm³/mol. The summed E-state index contributed by atoms with van der Waals surface area (Å²) in [5.74, 6) is 0.695. The zero-order chi connectivity index (χ0) is 26.3. The summed E-state index contributed by atoms with van der Waals surface area (Å²) in [5.41, 5.74) is 1.02. The number of nitrogens with zero attached hydrogens (tertiary/aromatic N) is 4. The van der Waals surface area contributed by atoms with Crippen molar-refractivity contribution in [3.05, 3.63) is 78.5 Å². The number of ether oxygens (including phenoxy) is 1. The highest BCUT2D eigenvalue weighted by Gasteiger charge is 2.39. The second kappa shape index (κ2) is 9.66. The lowest BCUT2D eigenvalue weighted by atomic mass is 9.85. The molecule has 0 atom stereocenters. The number of aromatic nitrogens is 3. The Balaban J connectivity index is 1.27. The first-order valence-corrected chi connectivity index (χ1v) is 14.3. The third kappa shape index (κ3) is 4.31. The molecule has 0 unspecified atom stereocenters. The van der Waals surface area contributed by atoms with Crippen molar-refractivity contribution in [2.45, 2.75) is 33.1 Å². The highest BCUT2D eigenvalue weighted by Crippen LogP contribution is 2.39. The topological polar surface area (TPSA) is 119 Å². The normalized spacial score (nSPS) is 16.2. The van der Waals surface area contributed by atoms with E-state index < -0.39 is 15.6 Å². The number of hydrogen-bond donors (Lipinski definition) is 1. The van der Waals surface area contributed by atoms with Crippen LogP contribution in [0.25, 0.3) is 21.9 Å². The van der Waals surface area contributed by atoms with Gasteiger partial charge in [-0.05, 0) is 65.1 Å². The summed E-state index contributed by atoms with van der Waals surface area (Å²) in [4.78, 5) is 6.15. The first-order valence-electron chi connectivity index (χ1n) is 12.0. The minimum atomic E-state index is -3.91. The van der Waals surface area contributed by atoms with E-state index in [0.29, 0.717) is 16.2 Å². The van der Waals surface area contributed by atoms with Gasteiger partial charge in [-0.2, -0.15) is 4.31 Å². The van der Waals surface area contributed by atoms with E-state index in [0.717, 1.165) is 21.4 Å². The van der Waals surface area contributed by atoms with Crippen molar-refractivity contribution < 1.29 is 22.9 Å². The predicted octanol–water partition coefficient (Wildman–Crippen LogP) is 4.60. The van der Waals surface area contributed by atoms with Gasteiger partial charge in [-0.3, -0.25) is 4.98 Å². The summed E-state index contributed by atoms with van der Waals surface area (Å²) < 4.78 is 38.9. The van der Waals surface area contributed by atoms with Crippen molar-refractivity contribution in [2.75, 3.05) is 20.2 Å². The minimum Gasteiger partial charge on any atom is -0.497 e. The second-order valence-electron chi connectivity index (χ2n) is 9.12. The SMILES string of the molecule is COc1ccc(C2(O)CCN(S(=O)(=O)c3ccc(Sc4cccc5cccnc45)c4nonc34)CC2)cc1. The van der Waals surface area contributed by atoms with Gasteiger partial charge in [0.15, 0.2) is 11.0 Å². The van der Waals surface area contributed by atoms with Crippen molar-refractivity contribution in [3.8, 4) is 5.75 Å². The van der Waals surface area contributed by atoms with E-state index in [2.05, 4.69) is 15.3 Å². The van der Waals surface area contributed by atoms with Crippen LogP contribution in [0.15, 0.2) is 92.2 Å². The molecule has 5 aromatic rings. The van der Waals surface area contributed by atoms with Gasteiger partial charge in [0.1, 0.15) is 10.6 Å². The number of sulfonamides is 1. The molecule has 9 nitrogen and oxygen atoms in total. The molecule has 3 heterocycles. The Kier molecular flexibility index (Phi) is 6.31. The van der Waals surface area contributed by atoms with E-state index >= 15 is 0 Å². The smallest absolute Gasteiger partial charge is 0.245 e. The number of methoxy groups -OCH3 is 1. The molecule has 194 valence electrons. The molecule has 1 aliphatic heterocycles. The van der Waals surface area contributed by atoms with Gasteiger partial charge in [0, 0.05) is 34.5 Å². The molecule has 0 bridgehead atoms. The lowest BCUT2D eigenvalue weighted by Gasteiger charge is -2.37. The van der Waals surface area contributed by atoms with Crippen molar-refractivity contribution >= 4 is 43.7 Å². The van der Waals surface area contributed by atoms with Crippen molar-refractivity contribution in [1.82, 2.24) is 19.6 Å². The van der Waals surface area contributed by atoms with Gasteiger partial charge in [0.25, 0.3) is 0 Å². The van der Waals surface area contributed by atoms with Crippen molar-refractivity contribution in [2.24, 2.45) is 0 Å². The molecule has 0 aliphatic carbocycles. The summed E-state index contributed by atoms with van der Waals surface area (Å²) in [7, 11) is -2.32. The molecule has 11 heteroatoms. The first-order chi connectivity index (χ1) is 18.4. The van der Waals surface area contributed by atoms with E-state index in [1.165, 1.54) is 16.1 Å². The largest absolute Gasteiger partial charge is 0.497 e. The molecule has 0 amide bonds. The van der Waals surface area contributed by atoms with Gasteiger partial charge in [0.2, 0.25) is 10.0 Å². The number of para-hydroxylation sites is 1. The Labute approximate surface area is 223 Å². The van der Waals surface area contributed by atoms with Crippen molar-refractivity contribution in [1.29, 1.82) is 0 Å². The van der Waals surface area contributed by atoms with E-state index in [1.807, 2.05) is 42.5 Å². The number of pyridine rings is 1. The average Bonchev–Trinajstić information content (AvgIpc) is 3.44. The Morgan fingerprint density at radius 2 is 1.63 bits per heavy atom. The average molecular weight is 549 g/mol. The monoisotopic (exact) mass is 548 g/mol. The fraction of sp³-hybridized carbons (Fsp3) is 0.222. The number of benzene rings is 3. The van der Waals surface area contributed by atoms with E-state index in [9.17, 15) is 13.5 Å². The molecular weight excluding hydrogens is 524 g/mol. The van der Waals surface area contributed by atoms with Crippen LogP contribution in [-0.4, -0.2) is 53.3 Å². The number of aliphatic hydroxyl groups is 1. The van der Waals surface area contributed by atoms with Gasteiger partial charge < -0.3 is 9.84 Å². The molecule has 1 saturated heterocycles. The Hall–Kier alpha value is -3.51. The van der Waals surface area contributed by atoms with Gasteiger partial charge in [0.05, 0.1) is 18.2 Å². The second-order valence-corrected chi connectivity index (χ2v) is 12.1. The van der Waals surface area contributed by atoms with Crippen LogP contribution in [0, 0.1) is 0 Å². The fourth-order valence-electron chi connectivity index (χ4n) is 4.81. The van der Waals surface area contributed by atoms with Crippen LogP contribution in [-0.2, 0) is 15.6 Å². The molecule has 2 aromatic heterocycles. The molecule has 1 fully saturated rings. The molecule has 1 N–H and O–H groups in total. The lowest BCUT2D eigenvalue weighted by Crippen LogP contribution is -2.45. The number of hydrogen-bond acceptors (Lipinski definition) is 9. The van der Waals surface area contributed by atoms with Crippen molar-refractivity contribution in [3.63, 3.8) is 0 Å². The van der Waals surface area contributed by atoms with Crippen LogP contribution >= 0.6 is 11.8 Å². The maximum atomic E-state index is 13.7. The number of rotatable bonds is 6. The zero-order valence-electron chi connectivity index (χ0n) is 20.4. The van der Waals surface area contributed by atoms with Gasteiger partial charge in [-0.1, -0.05) is 42.1 Å². The Morgan fingerprint density at radius 1 is 0.921 bits per heavy atom. The summed E-state index contributed by atoms with van der Waals surface area (Å²) in [6.45, 7) is 0.325. The molecule has 1 aliphatic rings. The quantitative estimate of drug-likeness (QED) is 0.325. The van der Waals surface area contributed by atoms with Gasteiger partial charge in [-0.25, -0.2) is 13.0 Å². The lowest BCUT2D eigenvalue weighted by molar-refractivity contribution is -0.00963. The standard InChI is InChI=1S/C27H24N4O5S2/c1-35-20-9-7-19(8-10-20)27(32)13-16-31(17-14-27)38(33,34)23-12-11-22(25-26(23)30-36-29-25)37-21-6-2-4-18-5-3-15-28-24(18)21/h2-12,15,32H,13-14,16-17H2,1H3. The molecule has 0 saturated carbocycles. The molecule has 0 spiro atoms. The Bertz CT molecular complexity index is 1720. The molecule has 6 rings (SSSR count). The summed E-state index contributed by atoms with van der Waals surface area (Å²) >= 11 is 1.43. The third-order valence-corrected chi connectivity index (χ3v) is 9.98. The Morgan fingerprint density at radius 3 is 2.39 bits per heavy atom. The van der Waals surface area contributed by atoms with Crippen LogP contribution < -0.4 is 4.74 Å². The molecule has 3 aromatic carbocycles. The molecule has 38 heavy (non-hydrogen) atoms. The maximum absolute atomic E-state index is 13.7. The first kappa shape index (κ1) is 24.8. The van der Waals surface area contributed by atoms with Crippen LogP contribution in [0.5, 0.6) is 5.75 Å². The molecule has 0 radical (unpaired) electrons. The minimum absolute atomic E-state index is 0.0315. The zero-order valence-corrected chi connectivity index (χ0v) is 22.1. The maximum Gasteiger partial charge on any atom is 0.245 e. The summed E-state index contributed by atoms with van der Waals surface area (Å²) in [6, 6.07) is 20.3. The molecular formula is C27H24N4O5S2. The number of fused-ring (bicyclic) bond motifs is 2. The summed E-state index contributed by atoms with van der Waals surface area (Å²) in [6.07, 6.45) is 2.27. The van der Waals surface area contributed by atoms with Crippen LogP contribution in [0.1, 0.15) is 18.4 Å². The van der Waals surface area contributed by atoms with Gasteiger partial charge >= 0.3 is 0 Å². The van der Waals surface area contributed by atoms with Crippen LogP contribution in [0.3, 0.4) is 0 Å². The van der Waals surface area contributed by atoms with E-state index in [4.69, 9.17) is 9.37 Å². The highest BCUT2D eigenvalue weighted by atomic mass is 32.2. The highest BCUT2D eigenvalue weighted by molar-refractivity contribution is 7.99. The third-order valence-electron chi connectivity index (χ3n) is 6.95.